The van der Waals surface area contributed by atoms with Crippen LogP contribution in [0.4, 0.5) is 0 Å². The van der Waals surface area contributed by atoms with Gasteiger partial charge in [0.2, 0.25) is 11.8 Å². The summed E-state index contributed by atoms with van der Waals surface area (Å²) in [6, 6.07) is 22.2. The van der Waals surface area contributed by atoms with Gasteiger partial charge in [-0.1, -0.05) is 59.6 Å². The molecule has 11 heteroatoms. The molecular weight excluding hydrogens is 659 g/mol. The highest BCUT2D eigenvalue weighted by molar-refractivity contribution is 6.30. The first-order valence-electron chi connectivity index (χ1n) is 17.4. The second-order valence-corrected chi connectivity index (χ2v) is 14.6. The number of imide groups is 1. The van der Waals surface area contributed by atoms with Gasteiger partial charge in [-0.25, -0.2) is 0 Å². The Morgan fingerprint density at radius 3 is 2.12 bits per heavy atom. The Hall–Kier alpha value is -3.31. The highest BCUT2D eigenvalue weighted by Crippen LogP contribution is 2.28. The van der Waals surface area contributed by atoms with Crippen molar-refractivity contribution >= 4 is 40.9 Å². The predicted octanol–water partition coefficient (Wildman–Crippen LogP) is 5.12. The van der Waals surface area contributed by atoms with Crippen LogP contribution in [-0.2, 0) is 35.8 Å². The van der Waals surface area contributed by atoms with E-state index in [9.17, 15) is 14.4 Å². The van der Waals surface area contributed by atoms with Gasteiger partial charge in [0, 0.05) is 73.4 Å². The minimum absolute atomic E-state index is 0.132. The van der Waals surface area contributed by atoms with E-state index in [1.54, 1.807) is 4.90 Å². The van der Waals surface area contributed by atoms with Gasteiger partial charge in [0.15, 0.2) is 0 Å². The van der Waals surface area contributed by atoms with Crippen LogP contribution in [0.2, 0.25) is 10.0 Å². The summed E-state index contributed by atoms with van der Waals surface area (Å²) in [4.78, 5) is 43.0. The number of nitrogens with two attached hydrogens (primary N) is 1. The standard InChI is InChI=1S/C26H29ClN4O3.C12H17ClN2/c27-20-4-1-3-18(12-20)14-30-10-2-5-21(16-30)28-13-17-6-7-22-19(11-17)15-31(26(22)34)23-8-9-24(32)29-25(23)33;13-11-4-1-3-10(7-11)8-15-6-2-5-12(14)9-15/h1,3-4,6-7,11-12,21,23,28H,2,5,8-10,13-16H2,(H,29,32,33);1,3-4,7,12H,2,5-6,8-9,14H2. The van der Waals surface area contributed by atoms with Crippen LogP contribution in [0.3, 0.4) is 0 Å². The maximum atomic E-state index is 12.9. The molecule has 7 rings (SSSR count). The molecule has 4 N–H and O–H groups in total. The Morgan fingerprint density at radius 2 is 1.47 bits per heavy atom. The SMILES string of the molecule is NC1CCCN(Cc2cccc(Cl)c2)C1.O=C1CCC(N2Cc3cc(CNC4CCCN(Cc5cccc(Cl)c5)C4)ccc3C2=O)C(=O)N1. The van der Waals surface area contributed by atoms with E-state index in [-0.39, 0.29) is 24.1 Å². The number of carbonyl (C=O) groups excluding carboxylic acids is 3. The fraction of sp³-hybridized carbons (Fsp3) is 0.447. The van der Waals surface area contributed by atoms with Crippen LogP contribution in [0.15, 0.2) is 66.7 Å². The molecule has 9 nitrogen and oxygen atoms in total. The lowest BCUT2D eigenvalue weighted by atomic mass is 10.0. The molecule has 49 heavy (non-hydrogen) atoms. The van der Waals surface area contributed by atoms with Gasteiger partial charge >= 0.3 is 0 Å². The lowest BCUT2D eigenvalue weighted by Gasteiger charge is -2.33. The zero-order valence-electron chi connectivity index (χ0n) is 27.9. The first-order chi connectivity index (χ1) is 23.7. The molecule has 3 amide bonds. The molecule has 0 bridgehead atoms. The summed E-state index contributed by atoms with van der Waals surface area (Å²) < 4.78 is 0. The largest absolute Gasteiger partial charge is 0.327 e. The molecule has 0 radical (unpaired) electrons. The topological polar surface area (TPSA) is 111 Å². The van der Waals surface area contributed by atoms with Crippen LogP contribution in [0, 0.1) is 0 Å². The van der Waals surface area contributed by atoms with Crippen LogP contribution in [0.1, 0.15) is 71.1 Å². The number of halogens is 2. The summed E-state index contributed by atoms with van der Waals surface area (Å²) in [5.74, 6) is -0.778. The van der Waals surface area contributed by atoms with E-state index in [1.807, 2.05) is 48.5 Å². The van der Waals surface area contributed by atoms with Crippen molar-refractivity contribution in [1.29, 1.82) is 0 Å². The van der Waals surface area contributed by atoms with Gasteiger partial charge < -0.3 is 16.0 Å². The van der Waals surface area contributed by atoms with Crippen molar-refractivity contribution in [2.24, 2.45) is 5.73 Å². The first kappa shape index (κ1) is 35.5. The van der Waals surface area contributed by atoms with Crippen LogP contribution in [-0.4, -0.2) is 76.7 Å². The van der Waals surface area contributed by atoms with E-state index in [1.165, 1.54) is 17.5 Å². The monoisotopic (exact) mass is 704 g/mol. The van der Waals surface area contributed by atoms with Crippen LogP contribution >= 0.6 is 23.2 Å². The molecule has 0 saturated carbocycles. The molecule has 0 spiro atoms. The molecule has 3 saturated heterocycles. The van der Waals surface area contributed by atoms with Gasteiger partial charge in [0.25, 0.3) is 5.91 Å². The van der Waals surface area contributed by atoms with Gasteiger partial charge in [-0.2, -0.15) is 0 Å². The number of hydrogen-bond donors (Lipinski definition) is 3. The molecular formula is C38H46Cl2N6O3. The molecule has 0 aliphatic carbocycles. The molecule has 260 valence electrons. The Morgan fingerprint density at radius 1 is 0.796 bits per heavy atom. The van der Waals surface area contributed by atoms with E-state index in [4.69, 9.17) is 28.9 Å². The molecule has 4 heterocycles. The number of rotatable bonds is 8. The van der Waals surface area contributed by atoms with Crippen molar-refractivity contribution < 1.29 is 14.4 Å². The fourth-order valence-electron chi connectivity index (χ4n) is 7.39. The number of fused-ring (bicyclic) bond motifs is 1. The summed E-state index contributed by atoms with van der Waals surface area (Å²) in [5.41, 5.74) is 11.2. The van der Waals surface area contributed by atoms with Crippen molar-refractivity contribution in [2.45, 2.75) is 82.8 Å². The van der Waals surface area contributed by atoms with E-state index in [2.05, 4.69) is 38.6 Å². The van der Waals surface area contributed by atoms with Crippen molar-refractivity contribution in [3.63, 3.8) is 0 Å². The minimum Gasteiger partial charge on any atom is -0.327 e. The zero-order valence-corrected chi connectivity index (χ0v) is 29.4. The van der Waals surface area contributed by atoms with Gasteiger partial charge in [-0.05, 0) is 97.8 Å². The summed E-state index contributed by atoms with van der Waals surface area (Å²) in [5, 5.41) is 7.62. The highest BCUT2D eigenvalue weighted by Gasteiger charge is 2.39. The van der Waals surface area contributed by atoms with E-state index in [0.29, 0.717) is 30.6 Å². The molecule has 4 aliphatic heterocycles. The quantitative estimate of drug-likeness (QED) is 0.279. The van der Waals surface area contributed by atoms with Gasteiger partial charge in [0.05, 0.1) is 0 Å². The zero-order chi connectivity index (χ0) is 34.3. The molecule has 3 aromatic rings. The number of nitrogens with zero attached hydrogens (tertiary/aromatic N) is 3. The lowest BCUT2D eigenvalue weighted by Crippen LogP contribution is -2.52. The van der Waals surface area contributed by atoms with E-state index < -0.39 is 6.04 Å². The van der Waals surface area contributed by atoms with Crippen LogP contribution in [0.25, 0.3) is 0 Å². The third-order valence-corrected chi connectivity index (χ3v) is 10.3. The highest BCUT2D eigenvalue weighted by atomic mass is 35.5. The van der Waals surface area contributed by atoms with Crippen molar-refractivity contribution in [2.75, 3.05) is 26.2 Å². The number of benzene rings is 3. The van der Waals surface area contributed by atoms with Gasteiger partial charge in [-0.15, -0.1) is 0 Å². The number of carbonyl (C=O) groups is 3. The minimum atomic E-state index is -0.577. The smallest absolute Gasteiger partial charge is 0.255 e. The third kappa shape index (κ3) is 9.69. The number of amides is 3. The summed E-state index contributed by atoms with van der Waals surface area (Å²) >= 11 is 12.1. The van der Waals surface area contributed by atoms with Crippen LogP contribution < -0.4 is 16.4 Å². The second kappa shape index (κ2) is 16.6. The number of hydrogen-bond acceptors (Lipinski definition) is 7. The summed E-state index contributed by atoms with van der Waals surface area (Å²) in [6.45, 7) is 7.23. The molecule has 4 aliphatic rings. The molecule has 0 aromatic heterocycles. The summed E-state index contributed by atoms with van der Waals surface area (Å²) in [6.07, 6.45) is 5.30. The average Bonchev–Trinajstić information content (AvgIpc) is 3.39. The predicted molar refractivity (Wildman–Crippen MR) is 193 cm³/mol. The number of likely N-dealkylation sites (tertiary alicyclic amines) is 2. The van der Waals surface area contributed by atoms with Crippen molar-refractivity contribution in [3.8, 4) is 0 Å². The third-order valence-electron chi connectivity index (χ3n) is 9.82. The molecule has 3 fully saturated rings. The number of nitrogens with one attached hydrogen (secondary N) is 2. The molecule has 3 aromatic carbocycles. The maximum Gasteiger partial charge on any atom is 0.255 e. The van der Waals surface area contributed by atoms with E-state index >= 15 is 0 Å². The normalized spacial score (nSPS) is 23.1. The Balaban J connectivity index is 0.000000232. The number of piperidine rings is 3. The van der Waals surface area contributed by atoms with Gasteiger partial charge in [0.1, 0.15) is 6.04 Å². The van der Waals surface area contributed by atoms with E-state index in [0.717, 1.165) is 86.2 Å². The molecule has 3 atom stereocenters. The Bertz CT molecular complexity index is 1650. The Kier molecular flexibility index (Phi) is 12.0. The maximum absolute atomic E-state index is 12.9. The van der Waals surface area contributed by atoms with Crippen molar-refractivity contribution in [3.05, 3.63) is 105 Å². The van der Waals surface area contributed by atoms with Crippen LogP contribution in [0.5, 0.6) is 0 Å². The lowest BCUT2D eigenvalue weighted by molar-refractivity contribution is -0.136. The van der Waals surface area contributed by atoms with Crippen molar-refractivity contribution in [1.82, 2.24) is 25.3 Å². The average molecular weight is 706 g/mol. The first-order valence-corrected chi connectivity index (χ1v) is 18.1. The fourth-order valence-corrected chi connectivity index (χ4v) is 7.81. The van der Waals surface area contributed by atoms with Gasteiger partial charge in [-0.3, -0.25) is 29.5 Å². The molecule has 3 unspecified atom stereocenters. The Labute approximate surface area is 299 Å². The summed E-state index contributed by atoms with van der Waals surface area (Å²) in [7, 11) is 0. The second-order valence-electron chi connectivity index (χ2n) is 13.7.